The molecule has 1 saturated heterocycles. The van der Waals surface area contributed by atoms with Crippen molar-refractivity contribution < 1.29 is 19.4 Å². The average Bonchev–Trinajstić information content (AvgIpc) is 2.82. The van der Waals surface area contributed by atoms with Crippen molar-refractivity contribution in [3.8, 4) is 5.75 Å². The number of urea groups is 1. The number of ether oxygens (including phenoxy) is 1. The van der Waals surface area contributed by atoms with Crippen molar-refractivity contribution in [3.05, 3.63) is 29.8 Å². The summed E-state index contributed by atoms with van der Waals surface area (Å²) in [6.45, 7) is 2.08. The molecular formula is C20H28N2O4. The number of amides is 3. The third-order valence-electron chi connectivity index (χ3n) is 5.37. The van der Waals surface area contributed by atoms with Crippen LogP contribution in [0.5, 0.6) is 5.75 Å². The summed E-state index contributed by atoms with van der Waals surface area (Å²) in [4.78, 5) is 26.3. The SMILES string of the molecule is CCc1ccc(OCC(O)CN2C(=O)NC3(CCCCCC3)C2=O)cc1. The monoisotopic (exact) mass is 360 g/mol. The molecule has 1 aromatic rings. The molecule has 1 aromatic carbocycles. The summed E-state index contributed by atoms with van der Waals surface area (Å²) in [5.74, 6) is 0.467. The van der Waals surface area contributed by atoms with Crippen molar-refractivity contribution in [2.75, 3.05) is 13.2 Å². The Morgan fingerprint density at radius 1 is 1.15 bits per heavy atom. The quantitative estimate of drug-likeness (QED) is 0.765. The van der Waals surface area contributed by atoms with Gasteiger partial charge in [0.15, 0.2) is 0 Å². The largest absolute Gasteiger partial charge is 0.491 e. The van der Waals surface area contributed by atoms with Crippen molar-refractivity contribution in [2.45, 2.75) is 63.5 Å². The molecule has 3 rings (SSSR count). The topological polar surface area (TPSA) is 78.9 Å². The van der Waals surface area contributed by atoms with Crippen LogP contribution in [0.3, 0.4) is 0 Å². The Balaban J connectivity index is 1.55. The summed E-state index contributed by atoms with van der Waals surface area (Å²) in [6.07, 6.45) is 5.48. The van der Waals surface area contributed by atoms with E-state index in [0.717, 1.165) is 37.0 Å². The molecule has 1 aliphatic carbocycles. The predicted molar refractivity (Wildman–Crippen MR) is 98.0 cm³/mol. The molecular weight excluding hydrogens is 332 g/mol. The van der Waals surface area contributed by atoms with Crippen molar-refractivity contribution >= 4 is 11.9 Å². The van der Waals surface area contributed by atoms with Crippen LogP contribution < -0.4 is 10.1 Å². The van der Waals surface area contributed by atoms with Crippen molar-refractivity contribution in [1.82, 2.24) is 10.2 Å². The number of aliphatic hydroxyl groups is 1. The normalized spacial score (nSPS) is 20.8. The van der Waals surface area contributed by atoms with E-state index in [1.807, 2.05) is 24.3 Å². The number of benzene rings is 1. The second kappa shape index (κ2) is 8.08. The molecule has 1 heterocycles. The Kier molecular flexibility index (Phi) is 5.81. The fraction of sp³-hybridized carbons (Fsp3) is 0.600. The Hall–Kier alpha value is -2.08. The minimum absolute atomic E-state index is 0.0372. The van der Waals surface area contributed by atoms with Crippen LogP contribution in [0.15, 0.2) is 24.3 Å². The lowest BCUT2D eigenvalue weighted by atomic mass is 9.90. The van der Waals surface area contributed by atoms with Gasteiger partial charge in [0.05, 0.1) is 6.54 Å². The molecule has 6 heteroatoms. The van der Waals surface area contributed by atoms with Crippen LogP contribution in [0.25, 0.3) is 0 Å². The summed E-state index contributed by atoms with van der Waals surface area (Å²) in [5, 5.41) is 13.1. The molecule has 0 radical (unpaired) electrons. The van der Waals surface area contributed by atoms with Crippen LogP contribution in [0, 0.1) is 0 Å². The number of β-amino-alcohol motifs (C(OH)–C–C–N with tert-alkyl or cyclic N) is 1. The number of imide groups is 1. The van der Waals surface area contributed by atoms with Gasteiger partial charge in [-0.1, -0.05) is 44.7 Å². The van der Waals surface area contributed by atoms with E-state index in [9.17, 15) is 14.7 Å². The molecule has 2 N–H and O–H groups in total. The second-order valence-corrected chi connectivity index (χ2v) is 7.30. The van der Waals surface area contributed by atoms with E-state index in [4.69, 9.17) is 4.74 Å². The number of carbonyl (C=O) groups excluding carboxylic acids is 2. The molecule has 0 aromatic heterocycles. The first kappa shape index (κ1) is 18.7. The van der Waals surface area contributed by atoms with Crippen molar-refractivity contribution in [2.24, 2.45) is 0 Å². The molecule has 142 valence electrons. The number of hydrogen-bond acceptors (Lipinski definition) is 4. The summed E-state index contributed by atoms with van der Waals surface area (Å²) < 4.78 is 5.59. The standard InChI is InChI=1S/C20H28N2O4/c1-2-15-7-9-17(10-8-15)26-14-16(23)13-22-18(24)20(21-19(22)25)11-5-3-4-6-12-20/h7-10,16,23H,2-6,11-14H2,1H3,(H,21,25). The first-order valence-corrected chi connectivity index (χ1v) is 9.58. The fourth-order valence-electron chi connectivity index (χ4n) is 3.79. The van der Waals surface area contributed by atoms with E-state index in [2.05, 4.69) is 12.2 Å². The van der Waals surface area contributed by atoms with E-state index in [0.29, 0.717) is 18.6 Å². The number of carbonyl (C=O) groups is 2. The van der Waals surface area contributed by atoms with E-state index >= 15 is 0 Å². The smallest absolute Gasteiger partial charge is 0.325 e. The number of nitrogens with one attached hydrogen (secondary N) is 1. The molecule has 2 aliphatic rings. The molecule has 1 aliphatic heterocycles. The van der Waals surface area contributed by atoms with Gasteiger partial charge in [-0.05, 0) is 37.0 Å². The Labute approximate surface area is 154 Å². The van der Waals surface area contributed by atoms with Gasteiger partial charge in [-0.3, -0.25) is 9.69 Å². The molecule has 2 fully saturated rings. The van der Waals surface area contributed by atoms with Crippen LogP contribution in [-0.4, -0.2) is 46.7 Å². The van der Waals surface area contributed by atoms with Gasteiger partial charge in [0.1, 0.15) is 24.0 Å². The number of aliphatic hydroxyl groups excluding tert-OH is 1. The highest BCUT2D eigenvalue weighted by molar-refractivity contribution is 6.07. The Morgan fingerprint density at radius 3 is 2.42 bits per heavy atom. The zero-order valence-corrected chi connectivity index (χ0v) is 15.4. The average molecular weight is 360 g/mol. The molecule has 1 spiro atoms. The highest BCUT2D eigenvalue weighted by Crippen LogP contribution is 2.32. The van der Waals surface area contributed by atoms with Crippen molar-refractivity contribution in [1.29, 1.82) is 0 Å². The Morgan fingerprint density at radius 2 is 1.81 bits per heavy atom. The first-order chi connectivity index (χ1) is 12.5. The number of hydrogen-bond donors (Lipinski definition) is 2. The molecule has 1 atom stereocenters. The molecule has 0 bridgehead atoms. The second-order valence-electron chi connectivity index (χ2n) is 7.30. The summed E-state index contributed by atoms with van der Waals surface area (Å²) >= 11 is 0. The molecule has 1 saturated carbocycles. The lowest BCUT2D eigenvalue weighted by Crippen LogP contribution is -2.47. The summed E-state index contributed by atoms with van der Waals surface area (Å²) in [6, 6.07) is 7.28. The maximum atomic E-state index is 12.8. The maximum Gasteiger partial charge on any atom is 0.325 e. The lowest BCUT2D eigenvalue weighted by molar-refractivity contribution is -0.132. The predicted octanol–water partition coefficient (Wildman–Crippen LogP) is 2.63. The van der Waals surface area contributed by atoms with Crippen molar-refractivity contribution in [3.63, 3.8) is 0 Å². The van der Waals surface area contributed by atoms with E-state index in [-0.39, 0.29) is 19.1 Å². The van der Waals surface area contributed by atoms with E-state index in [1.54, 1.807) is 0 Å². The summed E-state index contributed by atoms with van der Waals surface area (Å²) in [7, 11) is 0. The fourth-order valence-corrected chi connectivity index (χ4v) is 3.79. The van der Waals surface area contributed by atoms with Crippen LogP contribution in [0.4, 0.5) is 4.79 Å². The third-order valence-corrected chi connectivity index (χ3v) is 5.37. The van der Waals surface area contributed by atoms with Crippen LogP contribution in [0.2, 0.25) is 0 Å². The zero-order valence-electron chi connectivity index (χ0n) is 15.4. The number of rotatable bonds is 6. The van der Waals surface area contributed by atoms with E-state index in [1.165, 1.54) is 5.56 Å². The van der Waals surface area contributed by atoms with Crippen LogP contribution >= 0.6 is 0 Å². The van der Waals surface area contributed by atoms with Gasteiger partial charge in [0, 0.05) is 0 Å². The van der Waals surface area contributed by atoms with Gasteiger partial charge in [-0.15, -0.1) is 0 Å². The van der Waals surface area contributed by atoms with Gasteiger partial charge in [0.2, 0.25) is 0 Å². The van der Waals surface area contributed by atoms with E-state index < -0.39 is 17.7 Å². The number of aryl methyl sites for hydroxylation is 1. The third kappa shape index (κ3) is 4.01. The highest BCUT2D eigenvalue weighted by Gasteiger charge is 2.50. The summed E-state index contributed by atoms with van der Waals surface area (Å²) in [5.41, 5.74) is 0.454. The van der Waals surface area contributed by atoms with Gasteiger partial charge < -0.3 is 15.2 Å². The first-order valence-electron chi connectivity index (χ1n) is 9.58. The highest BCUT2D eigenvalue weighted by atomic mass is 16.5. The van der Waals surface area contributed by atoms with Gasteiger partial charge in [0.25, 0.3) is 5.91 Å². The molecule has 26 heavy (non-hydrogen) atoms. The van der Waals surface area contributed by atoms with Gasteiger partial charge in [-0.25, -0.2) is 4.79 Å². The lowest BCUT2D eigenvalue weighted by Gasteiger charge is -2.25. The Bertz CT molecular complexity index is 636. The van der Waals surface area contributed by atoms with Crippen LogP contribution in [0.1, 0.15) is 51.0 Å². The molecule has 3 amide bonds. The minimum atomic E-state index is -0.920. The molecule has 6 nitrogen and oxygen atoms in total. The maximum absolute atomic E-state index is 12.8. The zero-order chi connectivity index (χ0) is 18.6. The van der Waals surface area contributed by atoms with Gasteiger partial charge >= 0.3 is 6.03 Å². The van der Waals surface area contributed by atoms with Crippen LogP contribution in [-0.2, 0) is 11.2 Å². The minimum Gasteiger partial charge on any atom is -0.491 e. The molecule has 1 unspecified atom stereocenters. The van der Waals surface area contributed by atoms with Gasteiger partial charge in [-0.2, -0.15) is 0 Å². The number of nitrogens with zero attached hydrogens (tertiary/aromatic N) is 1.